The van der Waals surface area contributed by atoms with Gasteiger partial charge in [0.2, 0.25) is 0 Å². The highest BCUT2D eigenvalue weighted by atomic mass is 16.5. The van der Waals surface area contributed by atoms with E-state index in [2.05, 4.69) is 13.8 Å². The smallest absolute Gasteiger partial charge is 0.162 e. The Morgan fingerprint density at radius 2 is 2.15 bits per heavy atom. The van der Waals surface area contributed by atoms with Crippen LogP contribution in [0.5, 0.6) is 0 Å². The van der Waals surface area contributed by atoms with E-state index in [0.29, 0.717) is 11.8 Å². The zero-order valence-electron chi connectivity index (χ0n) is 8.30. The topological polar surface area (TPSA) is 26.3 Å². The van der Waals surface area contributed by atoms with Crippen LogP contribution >= 0.6 is 0 Å². The lowest BCUT2D eigenvalue weighted by Crippen LogP contribution is -2.33. The predicted molar refractivity (Wildman–Crippen MR) is 50.2 cm³/mol. The van der Waals surface area contributed by atoms with E-state index in [0.717, 1.165) is 19.3 Å². The lowest BCUT2D eigenvalue weighted by Gasteiger charge is -2.31. The molecule has 0 aromatic heterocycles. The van der Waals surface area contributed by atoms with Gasteiger partial charge in [-0.2, -0.15) is 0 Å². The van der Waals surface area contributed by atoms with Gasteiger partial charge in [-0.1, -0.05) is 13.8 Å². The van der Waals surface area contributed by atoms with E-state index in [1.54, 1.807) is 6.26 Å². The van der Waals surface area contributed by atoms with Crippen LogP contribution in [-0.2, 0) is 9.53 Å². The summed E-state index contributed by atoms with van der Waals surface area (Å²) in [7, 11) is 0. The lowest BCUT2D eigenvalue weighted by molar-refractivity contribution is -0.122. The molecule has 0 aromatic carbocycles. The normalized spacial score (nSPS) is 36.6. The van der Waals surface area contributed by atoms with Crippen LogP contribution in [0.4, 0.5) is 0 Å². The standard InChI is InChI=1S/C11H16O2/c1-10(2)4-5-11(8-10)7-9(12)3-6-13-11/h3,6H,4-5,7-8H2,1-2H3. The van der Waals surface area contributed by atoms with Crippen molar-refractivity contribution in [3.05, 3.63) is 12.3 Å². The van der Waals surface area contributed by atoms with Gasteiger partial charge in [0.25, 0.3) is 0 Å². The summed E-state index contributed by atoms with van der Waals surface area (Å²) in [6, 6.07) is 0. The highest BCUT2D eigenvalue weighted by Crippen LogP contribution is 2.48. The molecule has 1 fully saturated rings. The molecule has 0 saturated heterocycles. The molecule has 72 valence electrons. The minimum atomic E-state index is -0.157. The number of carbonyl (C=O) groups is 1. The van der Waals surface area contributed by atoms with Crippen LogP contribution in [0.25, 0.3) is 0 Å². The van der Waals surface area contributed by atoms with Crippen LogP contribution in [0.15, 0.2) is 12.3 Å². The fraction of sp³-hybridized carbons (Fsp3) is 0.727. The fourth-order valence-electron chi connectivity index (χ4n) is 2.54. The third-order valence-electron chi connectivity index (χ3n) is 3.13. The van der Waals surface area contributed by atoms with Gasteiger partial charge in [0, 0.05) is 6.08 Å². The van der Waals surface area contributed by atoms with Crippen LogP contribution in [0, 0.1) is 5.41 Å². The SMILES string of the molecule is CC1(C)CCC2(CC(=O)C=CO2)C1. The van der Waals surface area contributed by atoms with Gasteiger partial charge in [-0.05, 0) is 24.7 Å². The molecule has 0 bridgehead atoms. The second-order valence-electron chi connectivity index (χ2n) is 5.09. The summed E-state index contributed by atoms with van der Waals surface area (Å²) in [5.74, 6) is 0.212. The molecule has 1 atom stereocenters. The zero-order valence-corrected chi connectivity index (χ0v) is 8.30. The Bertz CT molecular complexity index is 265. The highest BCUT2D eigenvalue weighted by molar-refractivity contribution is 5.90. The Morgan fingerprint density at radius 3 is 2.69 bits per heavy atom. The summed E-state index contributed by atoms with van der Waals surface area (Å²) in [6.45, 7) is 4.49. The first-order chi connectivity index (χ1) is 6.02. The Morgan fingerprint density at radius 1 is 1.38 bits per heavy atom. The van der Waals surface area contributed by atoms with E-state index in [-0.39, 0.29) is 11.4 Å². The van der Waals surface area contributed by atoms with Gasteiger partial charge in [0.15, 0.2) is 5.78 Å². The molecular formula is C11H16O2. The molecule has 1 aliphatic carbocycles. The molecule has 2 nitrogen and oxygen atoms in total. The molecule has 2 heteroatoms. The number of hydrogen-bond donors (Lipinski definition) is 0. The van der Waals surface area contributed by atoms with Gasteiger partial charge in [0.05, 0.1) is 12.7 Å². The van der Waals surface area contributed by atoms with E-state index >= 15 is 0 Å². The Kier molecular flexibility index (Phi) is 1.76. The summed E-state index contributed by atoms with van der Waals surface area (Å²) in [5.41, 5.74) is 0.181. The molecule has 0 amide bonds. The van der Waals surface area contributed by atoms with E-state index in [9.17, 15) is 4.79 Å². The molecule has 2 aliphatic rings. The van der Waals surface area contributed by atoms with Crippen molar-refractivity contribution >= 4 is 5.78 Å². The van der Waals surface area contributed by atoms with Crippen molar-refractivity contribution in [3.8, 4) is 0 Å². The van der Waals surface area contributed by atoms with Crippen molar-refractivity contribution < 1.29 is 9.53 Å². The number of rotatable bonds is 0. The van der Waals surface area contributed by atoms with Crippen LogP contribution in [-0.4, -0.2) is 11.4 Å². The van der Waals surface area contributed by atoms with Gasteiger partial charge in [-0.15, -0.1) is 0 Å². The van der Waals surface area contributed by atoms with Gasteiger partial charge in [-0.3, -0.25) is 4.79 Å². The Balaban J connectivity index is 2.16. The highest BCUT2D eigenvalue weighted by Gasteiger charge is 2.46. The van der Waals surface area contributed by atoms with Crippen molar-refractivity contribution in [2.24, 2.45) is 5.41 Å². The van der Waals surface area contributed by atoms with Crippen molar-refractivity contribution in [2.45, 2.75) is 45.1 Å². The lowest BCUT2D eigenvalue weighted by atomic mass is 9.86. The first kappa shape index (κ1) is 8.79. The number of hydrogen-bond acceptors (Lipinski definition) is 2. The molecule has 0 N–H and O–H groups in total. The number of ether oxygens (including phenoxy) is 1. The van der Waals surface area contributed by atoms with Gasteiger partial charge in [0.1, 0.15) is 5.60 Å². The maximum Gasteiger partial charge on any atom is 0.162 e. The maximum atomic E-state index is 11.3. The largest absolute Gasteiger partial charge is 0.494 e. The third-order valence-corrected chi connectivity index (χ3v) is 3.13. The summed E-state index contributed by atoms with van der Waals surface area (Å²) >= 11 is 0. The maximum absolute atomic E-state index is 11.3. The van der Waals surface area contributed by atoms with Crippen LogP contribution < -0.4 is 0 Å². The second kappa shape index (κ2) is 2.60. The van der Waals surface area contributed by atoms with Crippen molar-refractivity contribution in [3.63, 3.8) is 0 Å². The van der Waals surface area contributed by atoms with Gasteiger partial charge in [-0.25, -0.2) is 0 Å². The molecule has 2 rings (SSSR count). The Labute approximate surface area is 79.0 Å². The Hall–Kier alpha value is -0.790. The molecule has 13 heavy (non-hydrogen) atoms. The van der Waals surface area contributed by atoms with E-state index in [4.69, 9.17) is 4.74 Å². The fourth-order valence-corrected chi connectivity index (χ4v) is 2.54. The second-order valence-corrected chi connectivity index (χ2v) is 5.09. The average molecular weight is 180 g/mol. The van der Waals surface area contributed by atoms with E-state index in [1.807, 2.05) is 0 Å². The summed E-state index contributed by atoms with van der Waals surface area (Å²) in [5, 5.41) is 0. The average Bonchev–Trinajstić information content (AvgIpc) is 2.26. The quantitative estimate of drug-likeness (QED) is 0.572. The first-order valence-corrected chi connectivity index (χ1v) is 4.89. The number of carbonyl (C=O) groups excluding carboxylic acids is 1. The first-order valence-electron chi connectivity index (χ1n) is 4.89. The molecule has 1 spiro atoms. The zero-order chi connectivity index (χ0) is 9.53. The van der Waals surface area contributed by atoms with Crippen molar-refractivity contribution in [1.29, 1.82) is 0 Å². The monoisotopic (exact) mass is 180 g/mol. The summed E-state index contributed by atoms with van der Waals surface area (Å²) < 4.78 is 5.63. The minimum absolute atomic E-state index is 0.157. The summed E-state index contributed by atoms with van der Waals surface area (Å²) in [4.78, 5) is 11.3. The van der Waals surface area contributed by atoms with E-state index in [1.165, 1.54) is 6.08 Å². The van der Waals surface area contributed by atoms with E-state index < -0.39 is 0 Å². The van der Waals surface area contributed by atoms with Gasteiger partial charge < -0.3 is 4.74 Å². The molecule has 0 radical (unpaired) electrons. The molecule has 1 aliphatic heterocycles. The minimum Gasteiger partial charge on any atom is -0.494 e. The number of ketones is 1. The third kappa shape index (κ3) is 1.62. The predicted octanol–water partition coefficient (Wildman–Crippen LogP) is 2.44. The molecule has 1 saturated carbocycles. The van der Waals surface area contributed by atoms with Crippen molar-refractivity contribution in [1.82, 2.24) is 0 Å². The summed E-state index contributed by atoms with van der Waals surface area (Å²) in [6.07, 6.45) is 6.89. The molecular weight excluding hydrogens is 164 g/mol. The number of allylic oxidation sites excluding steroid dienone is 1. The molecule has 1 heterocycles. The van der Waals surface area contributed by atoms with Gasteiger partial charge >= 0.3 is 0 Å². The molecule has 1 unspecified atom stereocenters. The van der Waals surface area contributed by atoms with Crippen LogP contribution in [0.3, 0.4) is 0 Å². The van der Waals surface area contributed by atoms with Crippen LogP contribution in [0.1, 0.15) is 39.5 Å². The van der Waals surface area contributed by atoms with Crippen LogP contribution in [0.2, 0.25) is 0 Å². The van der Waals surface area contributed by atoms with Crippen molar-refractivity contribution in [2.75, 3.05) is 0 Å². The molecule has 0 aromatic rings.